The fourth-order valence-electron chi connectivity index (χ4n) is 2.12. The monoisotopic (exact) mass is 381 g/mol. The minimum Gasteiger partial charge on any atom is -0.376 e. The van der Waals surface area contributed by atoms with E-state index in [1.54, 1.807) is 24.3 Å². The number of nitrogens with zero attached hydrogens (tertiary/aromatic N) is 1. The Morgan fingerprint density at radius 3 is 2.52 bits per heavy atom. The third-order valence-electron chi connectivity index (χ3n) is 3.60. The van der Waals surface area contributed by atoms with Crippen LogP contribution in [0.2, 0.25) is 5.02 Å². The standard InChI is InChI=1S/C17H20ClN3O3S/c1-12-15(18)8-5-9-16(12)19-11-17(22)20-13-6-4-7-14(10-13)25(23,24)21(2)3/h4-10,19H,11H2,1-3H3,(H,20,22). The van der Waals surface area contributed by atoms with E-state index in [1.165, 1.54) is 26.2 Å². The molecule has 0 aromatic heterocycles. The molecule has 8 heteroatoms. The summed E-state index contributed by atoms with van der Waals surface area (Å²) < 4.78 is 25.4. The number of hydrogen-bond acceptors (Lipinski definition) is 4. The number of carbonyl (C=O) groups excluding carboxylic acids is 1. The molecular weight excluding hydrogens is 362 g/mol. The Labute approximate surface area is 152 Å². The summed E-state index contributed by atoms with van der Waals surface area (Å²) in [6, 6.07) is 11.5. The van der Waals surface area contributed by atoms with Crippen LogP contribution in [-0.4, -0.2) is 39.3 Å². The lowest BCUT2D eigenvalue weighted by Crippen LogP contribution is -2.24. The summed E-state index contributed by atoms with van der Waals surface area (Å²) in [6.45, 7) is 1.89. The summed E-state index contributed by atoms with van der Waals surface area (Å²) in [4.78, 5) is 12.2. The number of carbonyl (C=O) groups is 1. The fraction of sp³-hybridized carbons (Fsp3) is 0.235. The van der Waals surface area contributed by atoms with Crippen molar-refractivity contribution in [2.45, 2.75) is 11.8 Å². The van der Waals surface area contributed by atoms with Crippen LogP contribution in [0.3, 0.4) is 0 Å². The molecule has 2 aromatic carbocycles. The quantitative estimate of drug-likeness (QED) is 0.806. The van der Waals surface area contributed by atoms with Crippen molar-refractivity contribution in [3.8, 4) is 0 Å². The Morgan fingerprint density at radius 2 is 1.84 bits per heavy atom. The first-order valence-electron chi connectivity index (χ1n) is 7.53. The first-order valence-corrected chi connectivity index (χ1v) is 9.35. The molecule has 2 aromatic rings. The number of halogens is 1. The highest BCUT2D eigenvalue weighted by Crippen LogP contribution is 2.23. The highest BCUT2D eigenvalue weighted by atomic mass is 35.5. The molecule has 25 heavy (non-hydrogen) atoms. The molecular formula is C17H20ClN3O3S. The van der Waals surface area contributed by atoms with E-state index >= 15 is 0 Å². The molecule has 0 spiro atoms. The number of anilines is 2. The number of amides is 1. The van der Waals surface area contributed by atoms with Crippen molar-refractivity contribution in [1.29, 1.82) is 0 Å². The van der Waals surface area contributed by atoms with Crippen LogP contribution >= 0.6 is 11.6 Å². The van der Waals surface area contributed by atoms with Crippen LogP contribution in [0.5, 0.6) is 0 Å². The maximum atomic E-state index is 12.1. The first-order chi connectivity index (χ1) is 11.7. The average molecular weight is 382 g/mol. The highest BCUT2D eigenvalue weighted by molar-refractivity contribution is 7.89. The Bertz CT molecular complexity index is 882. The normalized spacial score (nSPS) is 11.4. The number of benzene rings is 2. The second kappa shape index (κ2) is 7.86. The third kappa shape index (κ3) is 4.72. The van der Waals surface area contributed by atoms with E-state index in [2.05, 4.69) is 10.6 Å². The van der Waals surface area contributed by atoms with Gasteiger partial charge in [-0.3, -0.25) is 4.79 Å². The summed E-state index contributed by atoms with van der Waals surface area (Å²) >= 11 is 6.04. The van der Waals surface area contributed by atoms with Crippen molar-refractivity contribution in [1.82, 2.24) is 4.31 Å². The van der Waals surface area contributed by atoms with Crippen molar-refractivity contribution in [3.63, 3.8) is 0 Å². The molecule has 0 aliphatic heterocycles. The van der Waals surface area contributed by atoms with Crippen molar-refractivity contribution in [3.05, 3.63) is 53.1 Å². The molecule has 134 valence electrons. The van der Waals surface area contributed by atoms with Crippen LogP contribution in [0.4, 0.5) is 11.4 Å². The molecule has 2 rings (SSSR count). The van der Waals surface area contributed by atoms with Gasteiger partial charge in [0.15, 0.2) is 0 Å². The molecule has 0 fully saturated rings. The van der Waals surface area contributed by atoms with E-state index in [1.807, 2.05) is 13.0 Å². The summed E-state index contributed by atoms with van der Waals surface area (Å²) in [5.41, 5.74) is 2.04. The van der Waals surface area contributed by atoms with E-state index in [0.717, 1.165) is 15.6 Å². The molecule has 0 atom stereocenters. The van der Waals surface area contributed by atoms with E-state index < -0.39 is 10.0 Å². The van der Waals surface area contributed by atoms with Crippen LogP contribution < -0.4 is 10.6 Å². The predicted molar refractivity (Wildman–Crippen MR) is 101 cm³/mol. The van der Waals surface area contributed by atoms with Gasteiger partial charge in [0.25, 0.3) is 0 Å². The second-order valence-electron chi connectivity index (χ2n) is 5.63. The molecule has 0 saturated carbocycles. The van der Waals surface area contributed by atoms with Gasteiger partial charge in [0.05, 0.1) is 11.4 Å². The fourth-order valence-corrected chi connectivity index (χ4v) is 3.25. The lowest BCUT2D eigenvalue weighted by Gasteiger charge is -2.13. The molecule has 0 heterocycles. The predicted octanol–water partition coefficient (Wildman–Crippen LogP) is 2.95. The van der Waals surface area contributed by atoms with Crippen molar-refractivity contribution < 1.29 is 13.2 Å². The molecule has 1 amide bonds. The molecule has 0 saturated heterocycles. The number of rotatable bonds is 6. The number of nitrogens with one attached hydrogen (secondary N) is 2. The van der Waals surface area contributed by atoms with Crippen LogP contribution in [0, 0.1) is 6.92 Å². The lowest BCUT2D eigenvalue weighted by molar-refractivity contribution is -0.114. The van der Waals surface area contributed by atoms with Crippen molar-refractivity contribution in [2.75, 3.05) is 31.3 Å². The zero-order valence-corrected chi connectivity index (χ0v) is 15.8. The average Bonchev–Trinajstić information content (AvgIpc) is 2.56. The molecule has 0 radical (unpaired) electrons. The maximum absolute atomic E-state index is 12.1. The highest BCUT2D eigenvalue weighted by Gasteiger charge is 2.17. The topological polar surface area (TPSA) is 78.5 Å². The van der Waals surface area contributed by atoms with E-state index in [-0.39, 0.29) is 17.3 Å². The Balaban J connectivity index is 2.05. The maximum Gasteiger partial charge on any atom is 0.243 e. The summed E-state index contributed by atoms with van der Waals surface area (Å²) in [5, 5.41) is 6.31. The molecule has 6 nitrogen and oxygen atoms in total. The van der Waals surface area contributed by atoms with Crippen molar-refractivity contribution >= 4 is 38.9 Å². The molecule has 0 unspecified atom stereocenters. The van der Waals surface area contributed by atoms with Crippen LogP contribution in [-0.2, 0) is 14.8 Å². The van der Waals surface area contributed by atoms with Gasteiger partial charge in [0.2, 0.25) is 15.9 Å². The Hall–Kier alpha value is -2.09. The van der Waals surface area contributed by atoms with Gasteiger partial charge in [0, 0.05) is 30.5 Å². The van der Waals surface area contributed by atoms with Crippen LogP contribution in [0.1, 0.15) is 5.56 Å². The molecule has 0 aliphatic carbocycles. The molecule has 2 N–H and O–H groups in total. The second-order valence-corrected chi connectivity index (χ2v) is 8.19. The SMILES string of the molecule is Cc1c(Cl)cccc1NCC(=O)Nc1cccc(S(=O)(=O)N(C)C)c1. The Kier molecular flexibility index (Phi) is 6.05. The molecule has 0 aliphatic rings. The van der Waals surface area contributed by atoms with Gasteiger partial charge >= 0.3 is 0 Å². The van der Waals surface area contributed by atoms with Gasteiger partial charge in [-0.05, 0) is 42.8 Å². The van der Waals surface area contributed by atoms with Gasteiger partial charge in [-0.1, -0.05) is 23.7 Å². The smallest absolute Gasteiger partial charge is 0.243 e. The minimum atomic E-state index is -3.55. The summed E-state index contributed by atoms with van der Waals surface area (Å²) in [5.74, 6) is -0.293. The van der Waals surface area contributed by atoms with Crippen LogP contribution in [0.15, 0.2) is 47.4 Å². The zero-order valence-electron chi connectivity index (χ0n) is 14.2. The summed E-state index contributed by atoms with van der Waals surface area (Å²) in [7, 11) is -0.637. The van der Waals surface area contributed by atoms with E-state index in [9.17, 15) is 13.2 Å². The van der Waals surface area contributed by atoms with Gasteiger partial charge in [-0.2, -0.15) is 0 Å². The molecule has 0 bridgehead atoms. The van der Waals surface area contributed by atoms with E-state index in [4.69, 9.17) is 11.6 Å². The summed E-state index contributed by atoms with van der Waals surface area (Å²) in [6.07, 6.45) is 0. The number of hydrogen-bond donors (Lipinski definition) is 2. The lowest BCUT2D eigenvalue weighted by atomic mass is 10.2. The van der Waals surface area contributed by atoms with Gasteiger partial charge in [-0.15, -0.1) is 0 Å². The van der Waals surface area contributed by atoms with Crippen molar-refractivity contribution in [2.24, 2.45) is 0 Å². The van der Waals surface area contributed by atoms with Gasteiger partial charge < -0.3 is 10.6 Å². The van der Waals surface area contributed by atoms with Gasteiger partial charge in [0.1, 0.15) is 0 Å². The number of sulfonamides is 1. The zero-order chi connectivity index (χ0) is 18.6. The van der Waals surface area contributed by atoms with Gasteiger partial charge in [-0.25, -0.2) is 12.7 Å². The minimum absolute atomic E-state index is 0.0336. The largest absolute Gasteiger partial charge is 0.376 e. The third-order valence-corrected chi connectivity index (χ3v) is 5.82. The first kappa shape index (κ1) is 19.2. The van der Waals surface area contributed by atoms with E-state index in [0.29, 0.717) is 10.7 Å². The Morgan fingerprint density at radius 1 is 1.16 bits per heavy atom. The van der Waals surface area contributed by atoms with Crippen LogP contribution in [0.25, 0.3) is 0 Å².